The van der Waals surface area contributed by atoms with E-state index in [4.69, 9.17) is 16.0 Å². The fourth-order valence-corrected chi connectivity index (χ4v) is 4.25. The minimum absolute atomic E-state index is 0.0451. The topological polar surface area (TPSA) is 73.0 Å². The maximum Gasteiger partial charge on any atom is 0.234 e. The number of hydrogen-bond acceptors (Lipinski definition) is 5. The second-order valence-electron chi connectivity index (χ2n) is 8.76. The Balaban J connectivity index is 1.54. The quantitative estimate of drug-likeness (QED) is 0.298. The Morgan fingerprint density at radius 2 is 1.91 bits per heavy atom. The number of nitrogens with one attached hydrogen (secondary N) is 1. The fraction of sp³-hybridized carbons (Fsp3) is 0.240. The summed E-state index contributed by atoms with van der Waals surface area (Å²) in [7, 11) is 0. The van der Waals surface area contributed by atoms with Gasteiger partial charge in [0.15, 0.2) is 11.0 Å². The number of thioether (sulfide) groups is 1. The molecule has 0 radical (unpaired) electrons. The van der Waals surface area contributed by atoms with Gasteiger partial charge in [0.25, 0.3) is 0 Å². The van der Waals surface area contributed by atoms with Crippen molar-refractivity contribution in [1.82, 2.24) is 14.8 Å². The largest absolute Gasteiger partial charge is 0.467 e. The number of carbonyl (C=O) groups is 1. The number of aromatic nitrogens is 3. The van der Waals surface area contributed by atoms with Gasteiger partial charge in [-0.2, -0.15) is 0 Å². The number of nitrogens with zero attached hydrogens (tertiary/aromatic N) is 3. The molecule has 0 saturated heterocycles. The number of hydrogen-bond donors (Lipinski definition) is 1. The van der Waals surface area contributed by atoms with Gasteiger partial charge in [-0.25, -0.2) is 4.39 Å². The highest BCUT2D eigenvalue weighted by Gasteiger charge is 2.19. The predicted octanol–water partition coefficient (Wildman–Crippen LogP) is 6.41. The first kappa shape index (κ1) is 24.0. The number of rotatable bonds is 7. The Kier molecular flexibility index (Phi) is 7.09. The van der Waals surface area contributed by atoms with Crippen molar-refractivity contribution in [2.24, 2.45) is 0 Å². The van der Waals surface area contributed by atoms with Crippen molar-refractivity contribution in [3.8, 4) is 11.4 Å². The predicted molar refractivity (Wildman–Crippen MR) is 133 cm³/mol. The van der Waals surface area contributed by atoms with Crippen molar-refractivity contribution in [2.75, 3.05) is 11.1 Å². The molecule has 0 spiro atoms. The van der Waals surface area contributed by atoms with Gasteiger partial charge in [-0.1, -0.05) is 68.4 Å². The average molecular weight is 499 g/mol. The van der Waals surface area contributed by atoms with Crippen LogP contribution in [-0.4, -0.2) is 26.4 Å². The van der Waals surface area contributed by atoms with Gasteiger partial charge in [0.2, 0.25) is 5.91 Å². The van der Waals surface area contributed by atoms with E-state index in [0.717, 1.165) is 11.3 Å². The highest BCUT2D eigenvalue weighted by molar-refractivity contribution is 7.99. The molecule has 1 N–H and O–H groups in total. The maximum atomic E-state index is 13.4. The molecule has 2 aromatic carbocycles. The van der Waals surface area contributed by atoms with Crippen LogP contribution < -0.4 is 5.32 Å². The van der Waals surface area contributed by atoms with Crippen molar-refractivity contribution in [3.63, 3.8) is 0 Å². The Hall–Kier alpha value is -3.10. The van der Waals surface area contributed by atoms with E-state index in [1.54, 1.807) is 6.26 Å². The lowest BCUT2D eigenvalue weighted by atomic mass is 9.87. The van der Waals surface area contributed by atoms with Crippen LogP contribution >= 0.6 is 23.4 Å². The number of amides is 1. The molecule has 0 atom stereocenters. The van der Waals surface area contributed by atoms with Crippen molar-refractivity contribution >= 4 is 35.0 Å². The number of carbonyl (C=O) groups excluding carboxylic acids is 1. The highest BCUT2D eigenvalue weighted by atomic mass is 35.5. The molecule has 2 heterocycles. The van der Waals surface area contributed by atoms with E-state index in [1.807, 2.05) is 28.8 Å². The molecule has 6 nitrogen and oxygen atoms in total. The van der Waals surface area contributed by atoms with Gasteiger partial charge in [0.05, 0.1) is 23.6 Å². The first-order chi connectivity index (χ1) is 16.2. The first-order valence-electron chi connectivity index (χ1n) is 10.6. The lowest BCUT2D eigenvalue weighted by Crippen LogP contribution is -2.15. The van der Waals surface area contributed by atoms with Gasteiger partial charge in [-0.15, -0.1) is 10.2 Å². The van der Waals surface area contributed by atoms with Crippen molar-refractivity contribution < 1.29 is 13.6 Å². The van der Waals surface area contributed by atoms with Crippen LogP contribution in [0.5, 0.6) is 0 Å². The standard InChI is InChI=1S/C25H24ClFN4O2S/c1-25(2,3)17-8-6-16(7-9-17)23-29-30-24(31(23)14-19-5-4-12-33-19)34-15-22(32)28-18-10-11-21(27)20(26)13-18/h4-13H,14-15H2,1-3H3,(H,28,32). The van der Waals surface area contributed by atoms with E-state index in [0.29, 0.717) is 23.2 Å². The molecule has 1 amide bonds. The summed E-state index contributed by atoms with van der Waals surface area (Å²) in [6.07, 6.45) is 1.62. The van der Waals surface area contributed by atoms with Gasteiger partial charge < -0.3 is 9.73 Å². The third kappa shape index (κ3) is 5.69. The van der Waals surface area contributed by atoms with Crippen LogP contribution in [0.1, 0.15) is 32.1 Å². The maximum absolute atomic E-state index is 13.4. The van der Waals surface area contributed by atoms with Crippen molar-refractivity contribution in [2.45, 2.75) is 37.9 Å². The molecule has 34 heavy (non-hydrogen) atoms. The summed E-state index contributed by atoms with van der Waals surface area (Å²) in [6, 6.07) is 16.0. The molecule has 0 saturated carbocycles. The van der Waals surface area contributed by atoms with Crippen LogP contribution in [0, 0.1) is 5.82 Å². The highest BCUT2D eigenvalue weighted by Crippen LogP contribution is 2.29. The zero-order chi connectivity index (χ0) is 24.3. The van der Waals surface area contributed by atoms with E-state index in [-0.39, 0.29) is 22.1 Å². The van der Waals surface area contributed by atoms with Crippen LogP contribution in [-0.2, 0) is 16.8 Å². The Bertz CT molecular complexity index is 1280. The normalized spacial score (nSPS) is 11.6. The molecule has 4 aromatic rings. The van der Waals surface area contributed by atoms with E-state index >= 15 is 0 Å². The molecule has 0 aliphatic carbocycles. The lowest BCUT2D eigenvalue weighted by molar-refractivity contribution is -0.113. The zero-order valence-corrected chi connectivity index (χ0v) is 20.6. The second kappa shape index (κ2) is 10.0. The van der Waals surface area contributed by atoms with E-state index in [9.17, 15) is 9.18 Å². The average Bonchev–Trinajstić information content (AvgIpc) is 3.45. The second-order valence-corrected chi connectivity index (χ2v) is 10.1. The Labute approximate surface area is 206 Å². The van der Waals surface area contributed by atoms with Crippen LogP contribution in [0.15, 0.2) is 70.4 Å². The summed E-state index contributed by atoms with van der Waals surface area (Å²) >= 11 is 7.05. The first-order valence-corrected chi connectivity index (χ1v) is 12.0. The van der Waals surface area contributed by atoms with Crippen molar-refractivity contribution in [1.29, 1.82) is 0 Å². The molecule has 0 fully saturated rings. The monoisotopic (exact) mass is 498 g/mol. The molecule has 4 rings (SSSR count). The molecule has 0 bridgehead atoms. The van der Waals surface area contributed by atoms with Gasteiger partial charge in [-0.05, 0) is 41.3 Å². The molecule has 0 aliphatic heterocycles. The Morgan fingerprint density at radius 1 is 1.15 bits per heavy atom. The molecule has 2 aromatic heterocycles. The molecule has 0 aliphatic rings. The number of furan rings is 1. The minimum Gasteiger partial charge on any atom is -0.467 e. The SMILES string of the molecule is CC(C)(C)c1ccc(-c2nnc(SCC(=O)Nc3ccc(F)c(Cl)c3)n2Cc2ccco2)cc1. The van der Waals surface area contributed by atoms with Crippen LogP contribution in [0.4, 0.5) is 10.1 Å². The van der Waals surface area contributed by atoms with Gasteiger partial charge in [0.1, 0.15) is 11.6 Å². The smallest absolute Gasteiger partial charge is 0.234 e. The summed E-state index contributed by atoms with van der Waals surface area (Å²) in [5.74, 6) is 0.720. The lowest BCUT2D eigenvalue weighted by Gasteiger charge is -2.19. The van der Waals surface area contributed by atoms with Crippen LogP contribution in [0.3, 0.4) is 0 Å². The third-order valence-corrected chi connectivity index (χ3v) is 6.41. The van der Waals surface area contributed by atoms with Crippen molar-refractivity contribution in [3.05, 3.63) is 83.0 Å². The van der Waals surface area contributed by atoms with E-state index in [1.165, 1.54) is 35.5 Å². The molecule has 176 valence electrons. The van der Waals surface area contributed by atoms with Crippen LogP contribution in [0.2, 0.25) is 5.02 Å². The summed E-state index contributed by atoms with van der Waals surface area (Å²) in [4.78, 5) is 12.5. The van der Waals surface area contributed by atoms with E-state index < -0.39 is 5.82 Å². The van der Waals surface area contributed by atoms with Gasteiger partial charge >= 0.3 is 0 Å². The van der Waals surface area contributed by atoms with Gasteiger partial charge in [-0.3, -0.25) is 9.36 Å². The number of anilines is 1. The molecule has 9 heteroatoms. The Morgan fingerprint density at radius 3 is 2.56 bits per heavy atom. The molecular formula is C25H24ClFN4O2S. The number of benzene rings is 2. The van der Waals surface area contributed by atoms with E-state index in [2.05, 4.69) is 48.4 Å². The fourth-order valence-electron chi connectivity index (χ4n) is 3.33. The summed E-state index contributed by atoms with van der Waals surface area (Å²) in [5, 5.41) is 12.0. The third-order valence-electron chi connectivity index (χ3n) is 5.16. The van der Waals surface area contributed by atoms with Crippen LogP contribution in [0.25, 0.3) is 11.4 Å². The summed E-state index contributed by atoms with van der Waals surface area (Å²) in [5.41, 5.74) is 2.61. The summed E-state index contributed by atoms with van der Waals surface area (Å²) in [6.45, 7) is 6.93. The minimum atomic E-state index is -0.539. The molecule has 0 unspecified atom stereocenters. The molecular weight excluding hydrogens is 475 g/mol. The van der Waals surface area contributed by atoms with Gasteiger partial charge in [0, 0.05) is 11.3 Å². The zero-order valence-electron chi connectivity index (χ0n) is 19.0. The summed E-state index contributed by atoms with van der Waals surface area (Å²) < 4.78 is 20.8. The number of halogens is 2.